The lowest BCUT2D eigenvalue weighted by Crippen LogP contribution is -2.51. The van der Waals surface area contributed by atoms with Crippen molar-refractivity contribution in [3.05, 3.63) is 35.9 Å². The molecule has 1 aliphatic heterocycles. The summed E-state index contributed by atoms with van der Waals surface area (Å²) in [6.45, 7) is 6.60. The molecule has 1 heterocycles. The molecule has 1 N–H and O–H groups in total. The normalized spacial score (nSPS) is 15.5. The Morgan fingerprint density at radius 1 is 1.07 bits per heavy atom. The molecule has 7 nitrogen and oxygen atoms in total. The Morgan fingerprint density at radius 2 is 1.71 bits per heavy atom. The molecule has 1 atom stereocenters. The molecule has 0 bridgehead atoms. The molecule has 2 amide bonds. The number of piperidine rings is 1. The highest BCUT2D eigenvalue weighted by molar-refractivity contribution is 5.89. The molecule has 7 heteroatoms. The predicted octanol–water partition coefficient (Wildman–Crippen LogP) is 3.03. The molecule has 0 aromatic heterocycles. The number of benzene rings is 1. The molecule has 1 aromatic carbocycles. The van der Waals surface area contributed by atoms with Crippen molar-refractivity contribution in [3.8, 4) is 0 Å². The van der Waals surface area contributed by atoms with Gasteiger partial charge in [-0.3, -0.25) is 9.59 Å². The summed E-state index contributed by atoms with van der Waals surface area (Å²) in [7, 11) is 0. The third-order valence-corrected chi connectivity index (χ3v) is 4.27. The number of hydrogen-bond acceptors (Lipinski definition) is 5. The van der Waals surface area contributed by atoms with Gasteiger partial charge in [-0.25, -0.2) is 4.79 Å². The summed E-state index contributed by atoms with van der Waals surface area (Å²) in [6, 6.07) is 8.29. The van der Waals surface area contributed by atoms with Gasteiger partial charge in [-0.15, -0.1) is 0 Å². The van der Waals surface area contributed by atoms with Crippen LogP contribution in [0.2, 0.25) is 0 Å². The van der Waals surface area contributed by atoms with Gasteiger partial charge in [0.05, 0.1) is 6.42 Å². The lowest BCUT2D eigenvalue weighted by Gasteiger charge is -2.31. The van der Waals surface area contributed by atoms with Crippen molar-refractivity contribution in [3.63, 3.8) is 0 Å². The standard InChI is InChI=1S/C21H30N2O5/c1-21(2,3)28-20(26)22-17(19(25)23-12-8-5-9-13-23)14-18(24)27-15-16-10-6-4-7-11-16/h4,6-7,10-11,17H,5,8-9,12-15H2,1-3H3,(H,22,26). The van der Waals surface area contributed by atoms with Gasteiger partial charge >= 0.3 is 12.1 Å². The number of nitrogens with one attached hydrogen (secondary N) is 1. The minimum Gasteiger partial charge on any atom is -0.461 e. The van der Waals surface area contributed by atoms with Crippen molar-refractivity contribution in [2.24, 2.45) is 0 Å². The second kappa shape index (κ2) is 10.1. The molecular formula is C21H30N2O5. The van der Waals surface area contributed by atoms with Crippen LogP contribution in [0.15, 0.2) is 30.3 Å². The minimum absolute atomic E-state index is 0.122. The summed E-state index contributed by atoms with van der Waals surface area (Å²) in [5, 5.41) is 2.55. The van der Waals surface area contributed by atoms with E-state index in [1.54, 1.807) is 25.7 Å². The van der Waals surface area contributed by atoms with Gasteiger partial charge in [0, 0.05) is 13.1 Å². The van der Waals surface area contributed by atoms with Crippen molar-refractivity contribution in [1.82, 2.24) is 10.2 Å². The molecule has 1 unspecified atom stereocenters. The Bertz CT molecular complexity index is 663. The summed E-state index contributed by atoms with van der Waals surface area (Å²) < 4.78 is 10.5. The van der Waals surface area contributed by atoms with Crippen LogP contribution in [0.3, 0.4) is 0 Å². The maximum absolute atomic E-state index is 12.9. The van der Waals surface area contributed by atoms with E-state index in [1.165, 1.54) is 0 Å². The Kier molecular flexibility index (Phi) is 7.84. The number of carbonyl (C=O) groups is 3. The molecule has 154 valence electrons. The molecule has 0 radical (unpaired) electrons. The van der Waals surface area contributed by atoms with Crippen molar-refractivity contribution in [2.75, 3.05) is 13.1 Å². The van der Waals surface area contributed by atoms with Gasteiger partial charge in [0.2, 0.25) is 5.91 Å². The fourth-order valence-corrected chi connectivity index (χ4v) is 2.95. The van der Waals surface area contributed by atoms with E-state index in [9.17, 15) is 14.4 Å². The molecule has 1 fully saturated rings. The van der Waals surface area contributed by atoms with Crippen molar-refractivity contribution < 1.29 is 23.9 Å². The number of carbonyl (C=O) groups excluding carboxylic acids is 3. The van der Waals surface area contributed by atoms with Crippen LogP contribution in [-0.4, -0.2) is 47.6 Å². The van der Waals surface area contributed by atoms with E-state index in [-0.39, 0.29) is 18.9 Å². The first-order valence-electron chi connectivity index (χ1n) is 9.72. The van der Waals surface area contributed by atoms with E-state index >= 15 is 0 Å². The number of likely N-dealkylation sites (tertiary alicyclic amines) is 1. The average Bonchev–Trinajstić information content (AvgIpc) is 2.65. The molecule has 28 heavy (non-hydrogen) atoms. The highest BCUT2D eigenvalue weighted by Crippen LogP contribution is 2.13. The third-order valence-electron chi connectivity index (χ3n) is 4.27. The van der Waals surface area contributed by atoms with Crippen LogP contribution in [-0.2, 0) is 25.7 Å². The first-order chi connectivity index (χ1) is 13.2. The predicted molar refractivity (Wildman–Crippen MR) is 104 cm³/mol. The third kappa shape index (κ3) is 7.58. The molecule has 0 saturated carbocycles. The Labute approximate surface area is 166 Å². The molecular weight excluding hydrogens is 360 g/mol. The zero-order valence-corrected chi connectivity index (χ0v) is 16.9. The zero-order valence-electron chi connectivity index (χ0n) is 16.9. The van der Waals surface area contributed by atoms with Crippen LogP contribution in [0.25, 0.3) is 0 Å². The van der Waals surface area contributed by atoms with Gasteiger partial charge < -0.3 is 19.7 Å². The monoisotopic (exact) mass is 390 g/mol. The zero-order chi connectivity index (χ0) is 20.6. The SMILES string of the molecule is CC(C)(C)OC(=O)NC(CC(=O)OCc1ccccc1)C(=O)N1CCCCC1. The lowest BCUT2D eigenvalue weighted by atomic mass is 10.1. The Morgan fingerprint density at radius 3 is 2.32 bits per heavy atom. The summed E-state index contributed by atoms with van der Waals surface area (Å²) >= 11 is 0. The number of ether oxygens (including phenoxy) is 2. The van der Waals surface area contributed by atoms with Crippen LogP contribution in [0.4, 0.5) is 4.79 Å². The van der Waals surface area contributed by atoms with Gasteiger partial charge in [0.15, 0.2) is 0 Å². The summed E-state index contributed by atoms with van der Waals surface area (Å²) in [5.74, 6) is -0.822. The lowest BCUT2D eigenvalue weighted by molar-refractivity contribution is -0.148. The summed E-state index contributed by atoms with van der Waals surface area (Å²) in [4.78, 5) is 39.0. The van der Waals surface area contributed by atoms with Crippen LogP contribution in [0, 0.1) is 0 Å². The Hall–Kier alpha value is -2.57. The van der Waals surface area contributed by atoms with Gasteiger partial charge in [-0.05, 0) is 45.6 Å². The summed E-state index contributed by atoms with van der Waals surface area (Å²) in [6.07, 6.45) is 1.96. The maximum atomic E-state index is 12.9. The number of nitrogens with zero attached hydrogens (tertiary/aromatic N) is 1. The number of hydrogen-bond donors (Lipinski definition) is 1. The van der Waals surface area contributed by atoms with Crippen LogP contribution in [0.5, 0.6) is 0 Å². The van der Waals surface area contributed by atoms with Gasteiger partial charge in [0.25, 0.3) is 0 Å². The van der Waals surface area contributed by atoms with Crippen LogP contribution >= 0.6 is 0 Å². The number of rotatable bonds is 6. The van der Waals surface area contributed by atoms with Crippen molar-refractivity contribution in [1.29, 1.82) is 0 Å². The number of esters is 1. The topological polar surface area (TPSA) is 84.9 Å². The van der Waals surface area contributed by atoms with Crippen LogP contribution < -0.4 is 5.32 Å². The number of alkyl carbamates (subject to hydrolysis) is 1. The number of amides is 2. The van der Waals surface area contributed by atoms with E-state index in [0.717, 1.165) is 24.8 Å². The second-order valence-electron chi connectivity index (χ2n) is 7.94. The van der Waals surface area contributed by atoms with Gasteiger partial charge in [-0.2, -0.15) is 0 Å². The highest BCUT2D eigenvalue weighted by atomic mass is 16.6. The van der Waals surface area contributed by atoms with E-state index in [2.05, 4.69) is 5.32 Å². The highest BCUT2D eigenvalue weighted by Gasteiger charge is 2.31. The Balaban J connectivity index is 1.98. The van der Waals surface area contributed by atoms with Crippen molar-refractivity contribution >= 4 is 18.0 Å². The van der Waals surface area contributed by atoms with E-state index in [4.69, 9.17) is 9.47 Å². The van der Waals surface area contributed by atoms with E-state index < -0.39 is 23.7 Å². The molecule has 2 rings (SSSR count). The molecule has 1 saturated heterocycles. The van der Waals surface area contributed by atoms with Crippen molar-refractivity contribution in [2.45, 2.75) is 64.7 Å². The maximum Gasteiger partial charge on any atom is 0.408 e. The largest absolute Gasteiger partial charge is 0.461 e. The first kappa shape index (κ1) is 21.7. The minimum atomic E-state index is -1.00. The van der Waals surface area contributed by atoms with Gasteiger partial charge in [-0.1, -0.05) is 30.3 Å². The van der Waals surface area contributed by atoms with E-state index in [1.807, 2.05) is 30.3 Å². The quantitative estimate of drug-likeness (QED) is 0.755. The first-order valence-corrected chi connectivity index (χ1v) is 9.72. The fraction of sp³-hybridized carbons (Fsp3) is 0.571. The van der Waals surface area contributed by atoms with Crippen LogP contribution in [0.1, 0.15) is 52.0 Å². The summed E-state index contributed by atoms with van der Waals surface area (Å²) in [5.41, 5.74) is 0.159. The smallest absolute Gasteiger partial charge is 0.408 e. The fourth-order valence-electron chi connectivity index (χ4n) is 2.95. The molecule has 0 aliphatic carbocycles. The second-order valence-corrected chi connectivity index (χ2v) is 7.94. The average molecular weight is 390 g/mol. The van der Waals surface area contributed by atoms with Gasteiger partial charge in [0.1, 0.15) is 18.2 Å². The van der Waals surface area contributed by atoms with E-state index in [0.29, 0.717) is 13.1 Å². The molecule has 0 spiro atoms. The molecule has 1 aliphatic rings. The molecule has 1 aromatic rings.